The van der Waals surface area contributed by atoms with Crippen LogP contribution in [0.2, 0.25) is 0 Å². The summed E-state index contributed by atoms with van der Waals surface area (Å²) in [5.41, 5.74) is 4.86. The maximum absolute atomic E-state index is 6.89. The van der Waals surface area contributed by atoms with Crippen molar-refractivity contribution < 1.29 is 4.74 Å². The Kier molecular flexibility index (Phi) is 3.80. The molecule has 0 N–H and O–H groups in total. The molecule has 0 amide bonds. The van der Waals surface area contributed by atoms with Gasteiger partial charge in [-0.05, 0) is 36.1 Å². The van der Waals surface area contributed by atoms with Gasteiger partial charge < -0.3 is 4.74 Å². The van der Waals surface area contributed by atoms with Gasteiger partial charge in [0.15, 0.2) is 5.72 Å². The normalized spacial score (nSPS) is 27.3. The molecular formula is C27H25NO. The Balaban J connectivity index is 1.61. The van der Waals surface area contributed by atoms with Gasteiger partial charge in [-0.2, -0.15) is 0 Å². The largest absolute Gasteiger partial charge is 0.465 e. The molecule has 0 saturated heterocycles. The van der Waals surface area contributed by atoms with Crippen molar-refractivity contribution >= 4 is 11.4 Å². The van der Waals surface area contributed by atoms with Gasteiger partial charge in [0.2, 0.25) is 0 Å². The van der Waals surface area contributed by atoms with Crippen LogP contribution in [-0.4, -0.2) is 5.72 Å². The summed E-state index contributed by atoms with van der Waals surface area (Å²) in [5, 5.41) is 0. The number of allylic oxidation sites excluding steroid dienone is 1. The number of para-hydroxylation sites is 2. The Bertz CT molecular complexity index is 1060. The van der Waals surface area contributed by atoms with Crippen molar-refractivity contribution in [2.45, 2.75) is 37.3 Å². The lowest BCUT2D eigenvalue weighted by Gasteiger charge is -2.52. The molecule has 2 heterocycles. The van der Waals surface area contributed by atoms with Gasteiger partial charge in [-0.15, -0.1) is 0 Å². The lowest BCUT2D eigenvalue weighted by atomic mass is 9.68. The molecule has 3 aliphatic rings. The van der Waals surface area contributed by atoms with Crippen LogP contribution in [0.3, 0.4) is 0 Å². The van der Waals surface area contributed by atoms with Crippen molar-refractivity contribution in [1.29, 1.82) is 0 Å². The Morgan fingerprint density at radius 3 is 2.34 bits per heavy atom. The van der Waals surface area contributed by atoms with Crippen LogP contribution in [0.4, 0.5) is 5.69 Å². The zero-order valence-corrected chi connectivity index (χ0v) is 16.5. The summed E-state index contributed by atoms with van der Waals surface area (Å²) in [6.07, 6.45) is 7.26. The highest BCUT2D eigenvalue weighted by molar-refractivity contribution is 5.87. The van der Waals surface area contributed by atoms with Crippen molar-refractivity contribution in [1.82, 2.24) is 0 Å². The molecule has 144 valence electrons. The number of nitrogens with zero attached hydrogens (tertiary/aromatic N) is 1. The van der Waals surface area contributed by atoms with Gasteiger partial charge >= 0.3 is 0 Å². The predicted molar refractivity (Wildman–Crippen MR) is 118 cm³/mol. The van der Waals surface area contributed by atoms with E-state index >= 15 is 0 Å². The first-order chi connectivity index (χ1) is 14.4. The molecule has 1 aliphatic carbocycles. The summed E-state index contributed by atoms with van der Waals surface area (Å²) in [5.74, 6) is 1.82. The van der Waals surface area contributed by atoms with E-state index in [0.29, 0.717) is 11.8 Å². The van der Waals surface area contributed by atoms with Crippen molar-refractivity contribution in [3.05, 3.63) is 102 Å². The van der Waals surface area contributed by atoms with Crippen LogP contribution in [0.25, 0.3) is 5.70 Å². The summed E-state index contributed by atoms with van der Waals surface area (Å²) < 4.78 is 6.89. The number of benzene rings is 3. The minimum Gasteiger partial charge on any atom is -0.465 e. The second-order valence-electron chi connectivity index (χ2n) is 8.46. The van der Waals surface area contributed by atoms with E-state index in [9.17, 15) is 0 Å². The number of hydrogen-bond donors (Lipinski definition) is 0. The molecule has 6 rings (SSSR count). The summed E-state index contributed by atoms with van der Waals surface area (Å²) in [7, 11) is 0. The van der Waals surface area contributed by atoms with E-state index < -0.39 is 0 Å². The van der Waals surface area contributed by atoms with Gasteiger partial charge in [-0.25, -0.2) is 0 Å². The maximum Gasteiger partial charge on any atom is 0.191 e. The maximum atomic E-state index is 6.89. The third-order valence-electron chi connectivity index (χ3n) is 6.92. The molecule has 29 heavy (non-hydrogen) atoms. The first-order valence-corrected chi connectivity index (χ1v) is 10.8. The van der Waals surface area contributed by atoms with Crippen LogP contribution in [0, 0.1) is 5.92 Å². The second-order valence-corrected chi connectivity index (χ2v) is 8.46. The Hall–Kier alpha value is -3.00. The van der Waals surface area contributed by atoms with Crippen LogP contribution in [-0.2, 0) is 0 Å². The molecule has 3 aromatic rings. The quantitative estimate of drug-likeness (QED) is 0.497. The van der Waals surface area contributed by atoms with Gasteiger partial charge in [0, 0.05) is 24.0 Å². The van der Waals surface area contributed by atoms with E-state index in [2.05, 4.69) is 95.9 Å². The van der Waals surface area contributed by atoms with Gasteiger partial charge in [0.1, 0.15) is 5.75 Å². The molecule has 2 heteroatoms. The fourth-order valence-electron chi connectivity index (χ4n) is 5.72. The smallest absolute Gasteiger partial charge is 0.191 e. The summed E-state index contributed by atoms with van der Waals surface area (Å²) in [6, 6.07) is 30.4. The SMILES string of the molecule is C1=C(c2ccccc2)N2c3ccccc3O[C@]23CCCC[C@H]3[C@@H]1c1ccccc1. The van der Waals surface area contributed by atoms with E-state index in [1.807, 2.05) is 0 Å². The van der Waals surface area contributed by atoms with Gasteiger partial charge in [0.05, 0.1) is 5.69 Å². The van der Waals surface area contributed by atoms with Crippen LogP contribution in [0.15, 0.2) is 91.0 Å². The molecule has 0 radical (unpaired) electrons. The van der Waals surface area contributed by atoms with Crippen LogP contribution in [0.5, 0.6) is 5.75 Å². The molecule has 1 saturated carbocycles. The highest BCUT2D eigenvalue weighted by Gasteiger charge is 2.58. The number of fused-ring (bicyclic) bond motifs is 2. The van der Waals surface area contributed by atoms with Crippen LogP contribution in [0.1, 0.15) is 42.7 Å². The molecule has 1 fully saturated rings. The van der Waals surface area contributed by atoms with E-state index in [1.54, 1.807) is 0 Å². The van der Waals surface area contributed by atoms with Crippen LogP contribution < -0.4 is 9.64 Å². The van der Waals surface area contributed by atoms with E-state index in [0.717, 1.165) is 12.2 Å². The molecule has 2 aliphatic heterocycles. The lowest BCUT2D eigenvalue weighted by Crippen LogP contribution is -2.59. The van der Waals surface area contributed by atoms with Crippen molar-refractivity contribution in [2.75, 3.05) is 4.90 Å². The Morgan fingerprint density at radius 1 is 0.793 bits per heavy atom. The van der Waals surface area contributed by atoms with E-state index in [1.165, 1.54) is 41.8 Å². The van der Waals surface area contributed by atoms with Crippen molar-refractivity contribution in [3.63, 3.8) is 0 Å². The number of hydrogen-bond acceptors (Lipinski definition) is 2. The third-order valence-corrected chi connectivity index (χ3v) is 6.92. The fourth-order valence-corrected chi connectivity index (χ4v) is 5.72. The third kappa shape index (κ3) is 2.48. The van der Waals surface area contributed by atoms with E-state index in [-0.39, 0.29) is 5.72 Å². The number of rotatable bonds is 2. The zero-order valence-electron chi connectivity index (χ0n) is 16.5. The topological polar surface area (TPSA) is 12.5 Å². The van der Waals surface area contributed by atoms with Gasteiger partial charge in [-0.1, -0.05) is 85.3 Å². The Labute approximate surface area is 172 Å². The Morgan fingerprint density at radius 2 is 1.52 bits per heavy atom. The van der Waals surface area contributed by atoms with Gasteiger partial charge in [-0.3, -0.25) is 4.90 Å². The van der Waals surface area contributed by atoms with Crippen molar-refractivity contribution in [3.8, 4) is 5.75 Å². The van der Waals surface area contributed by atoms with Crippen LogP contribution >= 0.6 is 0 Å². The average Bonchev–Trinajstić information content (AvgIpc) is 3.13. The molecule has 3 aromatic carbocycles. The minimum atomic E-state index is -0.289. The zero-order chi connectivity index (χ0) is 19.3. The number of ether oxygens (including phenoxy) is 1. The molecule has 3 atom stereocenters. The van der Waals surface area contributed by atoms with Crippen molar-refractivity contribution in [2.24, 2.45) is 5.92 Å². The monoisotopic (exact) mass is 379 g/mol. The molecule has 1 spiro atoms. The molecular weight excluding hydrogens is 354 g/mol. The van der Waals surface area contributed by atoms with E-state index in [4.69, 9.17) is 4.74 Å². The predicted octanol–water partition coefficient (Wildman–Crippen LogP) is 6.61. The molecule has 2 nitrogen and oxygen atoms in total. The first-order valence-electron chi connectivity index (χ1n) is 10.8. The first kappa shape index (κ1) is 16.9. The minimum absolute atomic E-state index is 0.289. The summed E-state index contributed by atoms with van der Waals surface area (Å²) >= 11 is 0. The number of anilines is 1. The molecule has 0 aromatic heterocycles. The summed E-state index contributed by atoms with van der Waals surface area (Å²) in [6.45, 7) is 0. The highest BCUT2D eigenvalue weighted by atomic mass is 16.5. The average molecular weight is 380 g/mol. The second kappa shape index (κ2) is 6.52. The molecule has 0 bridgehead atoms. The highest BCUT2D eigenvalue weighted by Crippen LogP contribution is 2.59. The summed E-state index contributed by atoms with van der Waals surface area (Å²) in [4.78, 5) is 2.53. The molecule has 0 unspecified atom stereocenters. The van der Waals surface area contributed by atoms with Gasteiger partial charge in [0.25, 0.3) is 0 Å². The lowest BCUT2D eigenvalue weighted by molar-refractivity contribution is -0.0119. The standard InChI is InChI=1S/C27H25NO/c1-3-11-20(12-4-1)22-19-25(21-13-5-2-6-14-21)28-24-16-7-8-17-26(24)29-27(28)18-10-9-15-23(22)27/h1-8,11-14,16-17,19,22-23H,9-10,15,18H2/t22-,23-,27-/m0/s1. The fraction of sp³-hybridized carbons (Fsp3) is 0.259.